The van der Waals surface area contributed by atoms with E-state index in [1.54, 1.807) is 4.90 Å². The van der Waals surface area contributed by atoms with Crippen molar-refractivity contribution in [1.29, 1.82) is 0 Å². The third-order valence-corrected chi connectivity index (χ3v) is 6.74. The molecule has 7 nitrogen and oxygen atoms in total. The summed E-state index contributed by atoms with van der Waals surface area (Å²) in [6.07, 6.45) is 2.57. The average Bonchev–Trinajstić information content (AvgIpc) is 3.19. The molecule has 0 radical (unpaired) electrons. The van der Waals surface area contributed by atoms with E-state index < -0.39 is 0 Å². The number of para-hydroxylation sites is 1. The van der Waals surface area contributed by atoms with Crippen LogP contribution in [-0.2, 0) is 9.59 Å². The van der Waals surface area contributed by atoms with E-state index >= 15 is 0 Å². The summed E-state index contributed by atoms with van der Waals surface area (Å²) in [5.74, 6) is 1.38. The van der Waals surface area contributed by atoms with Gasteiger partial charge in [0.1, 0.15) is 0 Å². The molecule has 0 bridgehead atoms. The predicted molar refractivity (Wildman–Crippen MR) is 120 cm³/mol. The number of rotatable bonds is 4. The van der Waals surface area contributed by atoms with Crippen molar-refractivity contribution in [2.45, 2.75) is 33.1 Å². The number of amides is 3. The largest absolute Gasteiger partial charge is 0.341 e. The van der Waals surface area contributed by atoms with Gasteiger partial charge in [-0.3, -0.25) is 19.3 Å². The van der Waals surface area contributed by atoms with Gasteiger partial charge >= 0.3 is 0 Å². The van der Waals surface area contributed by atoms with Gasteiger partial charge in [0.05, 0.1) is 17.8 Å². The van der Waals surface area contributed by atoms with E-state index in [0.717, 1.165) is 25.2 Å². The Balaban J connectivity index is 1.34. The third-order valence-electron chi connectivity index (χ3n) is 6.74. The highest BCUT2D eigenvalue weighted by Crippen LogP contribution is 2.27. The summed E-state index contributed by atoms with van der Waals surface area (Å²) in [5.41, 5.74) is 1.32. The van der Waals surface area contributed by atoms with Crippen LogP contribution in [0, 0.1) is 11.8 Å². The molecule has 1 aromatic rings. The molecule has 1 aromatic carbocycles. The number of anilines is 1. The first-order chi connectivity index (χ1) is 14.9. The minimum atomic E-state index is -0.0278. The number of nitrogens with zero attached hydrogens (tertiary/aromatic N) is 4. The van der Waals surface area contributed by atoms with Crippen LogP contribution in [0.2, 0.25) is 0 Å². The maximum atomic E-state index is 13.2. The quantitative estimate of drug-likeness (QED) is 0.740. The Labute approximate surface area is 185 Å². The molecule has 3 fully saturated rings. The van der Waals surface area contributed by atoms with Crippen molar-refractivity contribution in [2.75, 3.05) is 57.3 Å². The molecule has 3 heterocycles. The van der Waals surface area contributed by atoms with E-state index in [2.05, 4.69) is 18.7 Å². The van der Waals surface area contributed by atoms with Crippen LogP contribution in [0.4, 0.5) is 5.69 Å². The number of piperidine rings is 1. The van der Waals surface area contributed by atoms with Crippen LogP contribution in [-0.4, -0.2) is 84.8 Å². The fourth-order valence-corrected chi connectivity index (χ4v) is 5.23. The lowest BCUT2D eigenvalue weighted by molar-refractivity contribution is -0.135. The molecule has 168 valence electrons. The molecule has 7 heteroatoms. The Hall–Kier alpha value is -2.41. The summed E-state index contributed by atoms with van der Waals surface area (Å²) in [7, 11) is 0. The summed E-state index contributed by atoms with van der Waals surface area (Å²) in [5, 5.41) is 0. The standard InChI is InChI=1S/C24H34N4O3/c1-18-14-19(2)16-27(15-18)23(30)17-25-10-12-26(13-11-25)24(31)20-6-3-4-7-21(20)28-9-5-8-22(28)29/h3-4,6-7,18-19H,5,8-17H2,1-2H3/t18-,19-/m1/s1. The smallest absolute Gasteiger partial charge is 0.256 e. The Morgan fingerprint density at radius 3 is 2.26 bits per heavy atom. The number of hydrogen-bond donors (Lipinski definition) is 0. The maximum absolute atomic E-state index is 13.2. The van der Waals surface area contributed by atoms with Gasteiger partial charge in [-0.25, -0.2) is 0 Å². The number of likely N-dealkylation sites (tertiary alicyclic amines) is 1. The summed E-state index contributed by atoms with van der Waals surface area (Å²) < 4.78 is 0. The third kappa shape index (κ3) is 4.92. The van der Waals surface area contributed by atoms with Crippen LogP contribution in [0.5, 0.6) is 0 Å². The van der Waals surface area contributed by atoms with E-state index in [0.29, 0.717) is 63.1 Å². The van der Waals surface area contributed by atoms with Crippen molar-refractivity contribution in [2.24, 2.45) is 11.8 Å². The molecule has 0 saturated carbocycles. The Bertz CT molecular complexity index is 824. The lowest BCUT2D eigenvalue weighted by atomic mass is 9.92. The first-order valence-electron chi connectivity index (χ1n) is 11.6. The zero-order valence-corrected chi connectivity index (χ0v) is 18.8. The molecule has 0 spiro atoms. The van der Waals surface area contributed by atoms with Crippen LogP contribution in [0.15, 0.2) is 24.3 Å². The molecular weight excluding hydrogens is 392 g/mol. The molecule has 3 saturated heterocycles. The van der Waals surface area contributed by atoms with Gasteiger partial charge in [-0.2, -0.15) is 0 Å². The van der Waals surface area contributed by atoms with Gasteiger partial charge in [-0.1, -0.05) is 26.0 Å². The summed E-state index contributed by atoms with van der Waals surface area (Å²) in [4.78, 5) is 46.0. The van der Waals surface area contributed by atoms with Crippen molar-refractivity contribution in [1.82, 2.24) is 14.7 Å². The molecule has 31 heavy (non-hydrogen) atoms. The van der Waals surface area contributed by atoms with Gasteiger partial charge in [0.25, 0.3) is 5.91 Å². The summed E-state index contributed by atoms with van der Waals surface area (Å²) in [6, 6.07) is 7.42. The fraction of sp³-hybridized carbons (Fsp3) is 0.625. The van der Waals surface area contributed by atoms with Crippen LogP contribution in [0.3, 0.4) is 0 Å². The molecule has 4 rings (SSSR count). The van der Waals surface area contributed by atoms with Gasteiger partial charge in [-0.05, 0) is 36.8 Å². The fourth-order valence-electron chi connectivity index (χ4n) is 5.23. The van der Waals surface area contributed by atoms with E-state index in [4.69, 9.17) is 0 Å². The first kappa shape index (κ1) is 21.8. The summed E-state index contributed by atoms with van der Waals surface area (Å²) >= 11 is 0. The molecule has 3 amide bonds. The topological polar surface area (TPSA) is 64.2 Å². The Morgan fingerprint density at radius 1 is 0.935 bits per heavy atom. The highest BCUT2D eigenvalue weighted by molar-refractivity contribution is 6.05. The molecule has 2 atom stereocenters. The van der Waals surface area contributed by atoms with Crippen molar-refractivity contribution in [3.63, 3.8) is 0 Å². The lowest BCUT2D eigenvalue weighted by Crippen LogP contribution is -2.53. The highest BCUT2D eigenvalue weighted by atomic mass is 16.2. The summed E-state index contributed by atoms with van der Waals surface area (Å²) in [6.45, 7) is 9.83. The first-order valence-corrected chi connectivity index (χ1v) is 11.6. The van der Waals surface area contributed by atoms with Gasteiger partial charge in [-0.15, -0.1) is 0 Å². The van der Waals surface area contributed by atoms with Crippen LogP contribution >= 0.6 is 0 Å². The number of carbonyl (C=O) groups excluding carboxylic acids is 3. The van der Waals surface area contributed by atoms with E-state index in [9.17, 15) is 14.4 Å². The highest BCUT2D eigenvalue weighted by Gasteiger charge is 2.31. The predicted octanol–water partition coefficient (Wildman–Crippen LogP) is 2.08. The minimum absolute atomic E-state index is 0.0278. The van der Waals surface area contributed by atoms with Crippen LogP contribution < -0.4 is 4.90 Å². The Morgan fingerprint density at radius 2 is 1.61 bits per heavy atom. The maximum Gasteiger partial charge on any atom is 0.256 e. The van der Waals surface area contributed by atoms with Crippen molar-refractivity contribution in [3.05, 3.63) is 29.8 Å². The molecule has 0 unspecified atom stereocenters. The lowest BCUT2D eigenvalue weighted by Gasteiger charge is -2.38. The monoisotopic (exact) mass is 426 g/mol. The number of benzene rings is 1. The normalized spacial score (nSPS) is 25.2. The van der Waals surface area contributed by atoms with E-state index in [-0.39, 0.29) is 17.7 Å². The molecular formula is C24H34N4O3. The molecule has 3 aliphatic heterocycles. The zero-order chi connectivity index (χ0) is 22.0. The second-order valence-corrected chi connectivity index (χ2v) is 9.48. The van der Waals surface area contributed by atoms with Crippen molar-refractivity contribution in [3.8, 4) is 0 Å². The van der Waals surface area contributed by atoms with Gasteiger partial charge in [0, 0.05) is 52.2 Å². The van der Waals surface area contributed by atoms with Crippen LogP contribution in [0.25, 0.3) is 0 Å². The van der Waals surface area contributed by atoms with Crippen molar-refractivity contribution < 1.29 is 14.4 Å². The second kappa shape index (κ2) is 9.39. The Kier molecular flexibility index (Phi) is 6.60. The second-order valence-electron chi connectivity index (χ2n) is 9.48. The SMILES string of the molecule is C[C@@H]1C[C@@H](C)CN(C(=O)CN2CCN(C(=O)c3ccccc3N3CCCC3=O)CC2)C1. The molecule has 0 aliphatic carbocycles. The average molecular weight is 427 g/mol. The minimum Gasteiger partial charge on any atom is -0.341 e. The van der Waals surface area contributed by atoms with Crippen molar-refractivity contribution >= 4 is 23.4 Å². The molecule has 0 aromatic heterocycles. The van der Waals surface area contributed by atoms with Gasteiger partial charge < -0.3 is 14.7 Å². The van der Waals surface area contributed by atoms with E-state index in [1.165, 1.54) is 6.42 Å². The molecule has 3 aliphatic rings. The zero-order valence-electron chi connectivity index (χ0n) is 18.8. The van der Waals surface area contributed by atoms with Gasteiger partial charge in [0.2, 0.25) is 11.8 Å². The van der Waals surface area contributed by atoms with E-state index in [1.807, 2.05) is 34.1 Å². The number of piperazine rings is 1. The molecule has 0 N–H and O–H groups in total. The number of carbonyl (C=O) groups is 3. The number of hydrogen-bond acceptors (Lipinski definition) is 4. The van der Waals surface area contributed by atoms with Gasteiger partial charge in [0.15, 0.2) is 0 Å². The van der Waals surface area contributed by atoms with Crippen LogP contribution in [0.1, 0.15) is 43.5 Å².